The summed E-state index contributed by atoms with van der Waals surface area (Å²) in [4.78, 5) is 12.5. The van der Waals surface area contributed by atoms with Crippen LogP contribution >= 0.6 is 11.6 Å². The van der Waals surface area contributed by atoms with E-state index in [0.29, 0.717) is 23.1 Å². The van der Waals surface area contributed by atoms with Crippen molar-refractivity contribution in [3.63, 3.8) is 0 Å². The molecule has 0 aliphatic heterocycles. The molecule has 3 N–H and O–H groups in total. The van der Waals surface area contributed by atoms with Crippen molar-refractivity contribution in [3.05, 3.63) is 64.3 Å². The molecule has 0 spiro atoms. The molecule has 9 heteroatoms. The average molecular weight is 402 g/mol. The van der Waals surface area contributed by atoms with Crippen LogP contribution in [0.1, 0.15) is 21.6 Å². The normalized spacial score (nSPS) is 10.5. The molecule has 28 heavy (non-hydrogen) atoms. The van der Waals surface area contributed by atoms with Gasteiger partial charge in [0.05, 0.1) is 20.8 Å². The van der Waals surface area contributed by atoms with Crippen LogP contribution in [0.25, 0.3) is 0 Å². The van der Waals surface area contributed by atoms with Gasteiger partial charge in [0.15, 0.2) is 23.0 Å². The highest BCUT2D eigenvalue weighted by molar-refractivity contribution is 6.30. The molecule has 146 valence electrons. The Kier molecular flexibility index (Phi) is 6.00. The highest BCUT2D eigenvalue weighted by atomic mass is 35.5. The van der Waals surface area contributed by atoms with Crippen LogP contribution in [0.4, 0.5) is 5.82 Å². The number of nitrogens with two attached hydrogens (primary N) is 1. The lowest BCUT2D eigenvalue weighted by molar-refractivity contribution is 0.0946. The second kappa shape index (κ2) is 8.62. The first-order valence-electron chi connectivity index (χ1n) is 8.44. The molecule has 0 aliphatic rings. The van der Waals surface area contributed by atoms with Crippen molar-refractivity contribution in [2.24, 2.45) is 0 Å². The maximum absolute atomic E-state index is 12.5. The molecule has 0 unspecified atom stereocenters. The van der Waals surface area contributed by atoms with E-state index in [1.54, 1.807) is 38.5 Å². The molecule has 3 aromatic rings. The van der Waals surface area contributed by atoms with Crippen LogP contribution in [0, 0.1) is 0 Å². The van der Waals surface area contributed by atoms with Crippen LogP contribution < -0.4 is 20.5 Å². The van der Waals surface area contributed by atoms with E-state index in [-0.39, 0.29) is 18.1 Å². The van der Waals surface area contributed by atoms with E-state index in [0.717, 1.165) is 11.1 Å². The molecule has 0 bridgehead atoms. The van der Waals surface area contributed by atoms with E-state index in [1.165, 1.54) is 4.68 Å². The molecule has 0 saturated heterocycles. The van der Waals surface area contributed by atoms with Crippen LogP contribution in [0.15, 0.2) is 42.5 Å². The number of anilines is 1. The zero-order chi connectivity index (χ0) is 20.1. The first-order chi connectivity index (χ1) is 13.5. The van der Waals surface area contributed by atoms with Crippen LogP contribution in [0.2, 0.25) is 5.02 Å². The molecular weight excluding hydrogens is 382 g/mol. The Morgan fingerprint density at radius 1 is 1.14 bits per heavy atom. The molecule has 1 amide bonds. The quantitative estimate of drug-likeness (QED) is 0.630. The van der Waals surface area contributed by atoms with Crippen molar-refractivity contribution < 1.29 is 14.3 Å². The lowest BCUT2D eigenvalue weighted by atomic mass is 10.2. The van der Waals surface area contributed by atoms with Gasteiger partial charge < -0.3 is 20.5 Å². The zero-order valence-electron chi connectivity index (χ0n) is 15.5. The Hall–Kier alpha value is -3.26. The number of aromatic nitrogens is 3. The third-order valence-electron chi connectivity index (χ3n) is 4.11. The van der Waals surface area contributed by atoms with E-state index in [1.807, 2.05) is 18.2 Å². The minimum Gasteiger partial charge on any atom is -0.493 e. The monoisotopic (exact) mass is 401 g/mol. The first kappa shape index (κ1) is 19.5. The molecule has 1 aromatic heterocycles. The number of halogens is 1. The van der Waals surface area contributed by atoms with Crippen molar-refractivity contribution in [1.82, 2.24) is 20.3 Å². The molecule has 2 aromatic carbocycles. The summed E-state index contributed by atoms with van der Waals surface area (Å²) in [5.74, 6) is 0.974. The third kappa shape index (κ3) is 4.34. The Balaban J connectivity index is 1.67. The van der Waals surface area contributed by atoms with Crippen LogP contribution in [-0.4, -0.2) is 35.1 Å². The van der Waals surface area contributed by atoms with Gasteiger partial charge in [0.2, 0.25) is 0 Å². The lowest BCUT2D eigenvalue weighted by Crippen LogP contribution is -2.24. The summed E-state index contributed by atoms with van der Waals surface area (Å²) in [6.07, 6.45) is 0. The summed E-state index contributed by atoms with van der Waals surface area (Å²) in [5.41, 5.74) is 7.87. The van der Waals surface area contributed by atoms with E-state index in [2.05, 4.69) is 15.6 Å². The van der Waals surface area contributed by atoms with Crippen molar-refractivity contribution in [3.8, 4) is 11.5 Å². The number of nitrogens with one attached hydrogen (secondary N) is 1. The fourth-order valence-electron chi connectivity index (χ4n) is 2.66. The summed E-state index contributed by atoms with van der Waals surface area (Å²) in [6.45, 7) is 0.641. The molecule has 1 heterocycles. The molecule has 0 atom stereocenters. The summed E-state index contributed by atoms with van der Waals surface area (Å²) in [5, 5.41) is 11.3. The molecule has 0 fully saturated rings. The van der Waals surface area contributed by atoms with Gasteiger partial charge in [0.1, 0.15) is 0 Å². The van der Waals surface area contributed by atoms with Gasteiger partial charge in [-0.25, -0.2) is 4.68 Å². The Morgan fingerprint density at radius 3 is 2.64 bits per heavy atom. The molecule has 3 rings (SSSR count). The SMILES string of the molecule is COc1ccc(CNC(=O)c2nnn(Cc3cccc(Cl)c3)c2N)cc1OC. The zero-order valence-corrected chi connectivity index (χ0v) is 16.2. The number of ether oxygens (including phenoxy) is 2. The number of rotatable bonds is 7. The molecular formula is C19H20ClN5O3. The van der Waals surface area contributed by atoms with Crippen molar-refractivity contribution in [1.29, 1.82) is 0 Å². The molecule has 0 saturated carbocycles. The van der Waals surface area contributed by atoms with Gasteiger partial charge in [-0.15, -0.1) is 5.10 Å². The van der Waals surface area contributed by atoms with Crippen LogP contribution in [0.3, 0.4) is 0 Å². The maximum Gasteiger partial charge on any atom is 0.275 e. The van der Waals surface area contributed by atoms with Gasteiger partial charge >= 0.3 is 0 Å². The number of carbonyl (C=O) groups is 1. The van der Waals surface area contributed by atoms with Crippen LogP contribution in [-0.2, 0) is 13.1 Å². The Labute approximate surface area is 167 Å². The average Bonchev–Trinajstić information content (AvgIpc) is 3.06. The number of hydrogen-bond acceptors (Lipinski definition) is 6. The van der Waals surface area contributed by atoms with Gasteiger partial charge in [-0.1, -0.05) is 35.0 Å². The first-order valence-corrected chi connectivity index (χ1v) is 8.82. The van der Waals surface area contributed by atoms with E-state index < -0.39 is 5.91 Å². The predicted molar refractivity (Wildman–Crippen MR) is 106 cm³/mol. The van der Waals surface area contributed by atoms with Gasteiger partial charge in [0.25, 0.3) is 5.91 Å². The summed E-state index contributed by atoms with van der Waals surface area (Å²) < 4.78 is 11.9. The number of benzene rings is 2. The standard InChI is InChI=1S/C19H20ClN5O3/c1-27-15-7-6-12(9-16(15)28-2)10-22-19(26)17-18(21)25(24-23-17)11-13-4-3-5-14(20)8-13/h3-9H,10-11,21H2,1-2H3,(H,22,26). The van der Waals surface area contributed by atoms with Gasteiger partial charge in [-0.05, 0) is 35.4 Å². The highest BCUT2D eigenvalue weighted by Crippen LogP contribution is 2.27. The number of nitrogen functional groups attached to an aromatic ring is 1. The second-order valence-corrected chi connectivity index (χ2v) is 6.42. The molecule has 0 radical (unpaired) electrons. The Morgan fingerprint density at radius 2 is 1.93 bits per heavy atom. The smallest absolute Gasteiger partial charge is 0.275 e. The van der Waals surface area contributed by atoms with E-state index in [4.69, 9.17) is 26.8 Å². The number of hydrogen-bond donors (Lipinski definition) is 2. The van der Waals surface area contributed by atoms with E-state index in [9.17, 15) is 4.79 Å². The van der Waals surface area contributed by atoms with Gasteiger partial charge in [0, 0.05) is 11.6 Å². The van der Waals surface area contributed by atoms with Gasteiger partial charge in [-0.2, -0.15) is 0 Å². The van der Waals surface area contributed by atoms with Gasteiger partial charge in [-0.3, -0.25) is 4.79 Å². The Bertz CT molecular complexity index is 989. The summed E-state index contributed by atoms with van der Waals surface area (Å²) >= 11 is 5.99. The van der Waals surface area contributed by atoms with Crippen molar-refractivity contribution in [2.75, 3.05) is 20.0 Å². The summed E-state index contributed by atoms with van der Waals surface area (Å²) in [7, 11) is 3.12. The van der Waals surface area contributed by atoms with Crippen LogP contribution in [0.5, 0.6) is 11.5 Å². The largest absolute Gasteiger partial charge is 0.493 e. The fourth-order valence-corrected chi connectivity index (χ4v) is 2.88. The summed E-state index contributed by atoms with van der Waals surface area (Å²) in [6, 6.07) is 12.7. The number of carbonyl (C=O) groups excluding carboxylic acids is 1. The maximum atomic E-state index is 12.5. The minimum absolute atomic E-state index is 0.0718. The van der Waals surface area contributed by atoms with Crippen molar-refractivity contribution >= 4 is 23.3 Å². The number of nitrogens with zero attached hydrogens (tertiary/aromatic N) is 3. The number of methoxy groups -OCH3 is 2. The fraction of sp³-hybridized carbons (Fsp3) is 0.211. The highest BCUT2D eigenvalue weighted by Gasteiger charge is 2.17. The molecule has 0 aliphatic carbocycles. The van der Waals surface area contributed by atoms with Crippen molar-refractivity contribution in [2.45, 2.75) is 13.1 Å². The topological polar surface area (TPSA) is 104 Å². The minimum atomic E-state index is -0.412. The lowest BCUT2D eigenvalue weighted by Gasteiger charge is -2.10. The third-order valence-corrected chi connectivity index (χ3v) is 4.35. The van der Waals surface area contributed by atoms with E-state index >= 15 is 0 Å². The predicted octanol–water partition coefficient (Wildman–Crippen LogP) is 2.51. The molecule has 8 nitrogen and oxygen atoms in total. The second-order valence-electron chi connectivity index (χ2n) is 5.98. The number of amides is 1.